The van der Waals surface area contributed by atoms with Gasteiger partial charge in [-0.05, 0) is 50.4 Å². The molecule has 1 unspecified atom stereocenters. The fourth-order valence-corrected chi connectivity index (χ4v) is 3.15. The van der Waals surface area contributed by atoms with Crippen molar-refractivity contribution in [2.75, 3.05) is 13.7 Å². The molecule has 1 aromatic carbocycles. The van der Waals surface area contributed by atoms with Crippen LogP contribution in [0.2, 0.25) is 0 Å². The average Bonchev–Trinajstić information content (AvgIpc) is 3.04. The first-order valence-corrected chi connectivity index (χ1v) is 9.00. The van der Waals surface area contributed by atoms with Crippen molar-refractivity contribution in [3.05, 3.63) is 30.5 Å². The molecule has 1 saturated heterocycles. The van der Waals surface area contributed by atoms with E-state index >= 15 is 0 Å². The molecule has 150 valence electrons. The summed E-state index contributed by atoms with van der Waals surface area (Å²) in [6.07, 6.45) is 0.602. The lowest BCUT2D eigenvalue weighted by Gasteiger charge is -2.26. The molecule has 0 saturated carbocycles. The summed E-state index contributed by atoms with van der Waals surface area (Å²) in [5.74, 6) is 0.0143. The Hall–Kier alpha value is -3.03. The van der Waals surface area contributed by atoms with Gasteiger partial charge in [-0.2, -0.15) is 0 Å². The van der Waals surface area contributed by atoms with E-state index in [2.05, 4.69) is 4.98 Å². The smallest absolute Gasteiger partial charge is 0.411 e. The molecule has 8 nitrogen and oxygen atoms in total. The van der Waals surface area contributed by atoms with Crippen molar-refractivity contribution in [3.8, 4) is 11.6 Å². The monoisotopic (exact) mass is 388 g/mol. The Balaban J connectivity index is 1.81. The van der Waals surface area contributed by atoms with E-state index in [0.29, 0.717) is 11.6 Å². The van der Waals surface area contributed by atoms with Gasteiger partial charge in [-0.25, -0.2) is 14.6 Å². The molecule has 2 heterocycles. The van der Waals surface area contributed by atoms with Gasteiger partial charge < -0.3 is 19.3 Å². The number of likely N-dealkylation sites (tertiary alicyclic amines) is 1. The second kappa shape index (κ2) is 7.53. The van der Waals surface area contributed by atoms with E-state index in [1.165, 1.54) is 4.90 Å². The number of rotatable bonds is 4. The molecule has 2 atom stereocenters. The van der Waals surface area contributed by atoms with E-state index in [0.717, 1.165) is 10.8 Å². The summed E-state index contributed by atoms with van der Waals surface area (Å²) in [7, 11) is 1.59. The Bertz CT molecular complexity index is 892. The number of carboxylic acid groups (broad SMARTS) is 1. The third-order valence-electron chi connectivity index (χ3n) is 4.39. The number of carboxylic acids is 1. The Kier molecular flexibility index (Phi) is 5.31. The number of methoxy groups -OCH3 is 1. The van der Waals surface area contributed by atoms with Crippen molar-refractivity contribution < 1.29 is 28.9 Å². The largest absolute Gasteiger partial charge is 0.497 e. The summed E-state index contributed by atoms with van der Waals surface area (Å²) in [5.41, 5.74) is -0.713. The normalized spacial score (nSPS) is 19.5. The highest BCUT2D eigenvalue weighted by atomic mass is 16.6. The molecule has 0 aliphatic carbocycles. The highest BCUT2D eigenvalue weighted by Gasteiger charge is 2.42. The first-order chi connectivity index (χ1) is 13.2. The minimum Gasteiger partial charge on any atom is -0.497 e. The number of nitrogens with zero attached hydrogens (tertiary/aromatic N) is 2. The van der Waals surface area contributed by atoms with Crippen molar-refractivity contribution in [2.24, 2.45) is 0 Å². The van der Waals surface area contributed by atoms with Gasteiger partial charge in [0.05, 0.1) is 13.7 Å². The molecule has 1 aliphatic heterocycles. The zero-order chi connectivity index (χ0) is 20.5. The molecule has 1 amide bonds. The highest BCUT2D eigenvalue weighted by molar-refractivity contribution is 5.88. The van der Waals surface area contributed by atoms with Crippen LogP contribution >= 0.6 is 0 Å². The summed E-state index contributed by atoms with van der Waals surface area (Å²) < 4.78 is 16.6. The van der Waals surface area contributed by atoms with Gasteiger partial charge in [0.15, 0.2) is 0 Å². The molecule has 0 bridgehead atoms. The fourth-order valence-electron chi connectivity index (χ4n) is 3.15. The lowest BCUT2D eigenvalue weighted by molar-refractivity contribution is -0.142. The topological polar surface area (TPSA) is 98.2 Å². The number of fused-ring (bicyclic) bond motifs is 1. The summed E-state index contributed by atoms with van der Waals surface area (Å²) >= 11 is 0. The van der Waals surface area contributed by atoms with Gasteiger partial charge in [0.25, 0.3) is 0 Å². The van der Waals surface area contributed by atoms with Gasteiger partial charge in [-0.1, -0.05) is 0 Å². The third-order valence-corrected chi connectivity index (χ3v) is 4.39. The third kappa shape index (κ3) is 4.27. The predicted octanol–water partition coefficient (Wildman–Crippen LogP) is 3.08. The number of aliphatic carboxylic acids is 1. The Morgan fingerprint density at radius 3 is 2.64 bits per heavy atom. The van der Waals surface area contributed by atoms with E-state index in [-0.39, 0.29) is 13.0 Å². The number of aromatic nitrogens is 1. The van der Waals surface area contributed by atoms with Gasteiger partial charge in [0.2, 0.25) is 5.88 Å². The maximum atomic E-state index is 12.4. The van der Waals surface area contributed by atoms with Gasteiger partial charge in [0, 0.05) is 18.0 Å². The molecule has 1 N–H and O–H groups in total. The Morgan fingerprint density at radius 1 is 1.25 bits per heavy atom. The molecule has 1 fully saturated rings. The summed E-state index contributed by atoms with van der Waals surface area (Å²) in [4.78, 5) is 29.5. The Labute approximate surface area is 163 Å². The highest BCUT2D eigenvalue weighted by Crippen LogP contribution is 2.30. The van der Waals surface area contributed by atoms with E-state index < -0.39 is 29.8 Å². The van der Waals surface area contributed by atoms with Gasteiger partial charge >= 0.3 is 12.1 Å². The van der Waals surface area contributed by atoms with Crippen LogP contribution in [0, 0.1) is 0 Å². The number of carbonyl (C=O) groups excluding carboxylic acids is 1. The second-order valence-corrected chi connectivity index (χ2v) is 7.67. The Morgan fingerprint density at radius 2 is 2.00 bits per heavy atom. The van der Waals surface area contributed by atoms with E-state index in [1.807, 2.05) is 18.2 Å². The average molecular weight is 388 g/mol. The number of hydrogen-bond acceptors (Lipinski definition) is 6. The van der Waals surface area contributed by atoms with Gasteiger partial charge in [-0.3, -0.25) is 4.90 Å². The molecule has 1 aliphatic rings. The fraction of sp³-hybridized carbons (Fsp3) is 0.450. The van der Waals surface area contributed by atoms with Crippen molar-refractivity contribution in [1.82, 2.24) is 9.88 Å². The van der Waals surface area contributed by atoms with Crippen LogP contribution in [-0.2, 0) is 9.53 Å². The van der Waals surface area contributed by atoms with Crippen LogP contribution in [-0.4, -0.2) is 58.5 Å². The van der Waals surface area contributed by atoms with Crippen LogP contribution in [0.15, 0.2) is 30.5 Å². The number of pyridine rings is 1. The molecular weight excluding hydrogens is 364 g/mol. The van der Waals surface area contributed by atoms with Crippen LogP contribution in [0.25, 0.3) is 10.8 Å². The molecule has 0 spiro atoms. The van der Waals surface area contributed by atoms with E-state index in [4.69, 9.17) is 14.2 Å². The lowest BCUT2D eigenvalue weighted by atomic mass is 10.1. The number of ether oxygens (including phenoxy) is 3. The number of amides is 1. The molecule has 8 heteroatoms. The van der Waals surface area contributed by atoms with Crippen LogP contribution < -0.4 is 9.47 Å². The summed E-state index contributed by atoms with van der Waals surface area (Å²) in [6, 6.07) is 6.34. The lowest BCUT2D eigenvalue weighted by Crippen LogP contribution is -2.43. The first-order valence-electron chi connectivity index (χ1n) is 9.00. The van der Waals surface area contributed by atoms with Crippen molar-refractivity contribution >= 4 is 22.8 Å². The minimum atomic E-state index is -1.09. The SMILES string of the molecule is COc1ccc2c(OC3C[C@@H](C(=O)O)N(C(=O)OC(C)(C)C)C3)nccc2c1. The minimum absolute atomic E-state index is 0.111. The van der Waals surface area contributed by atoms with Crippen molar-refractivity contribution in [1.29, 1.82) is 0 Å². The molecule has 2 aromatic rings. The molecule has 28 heavy (non-hydrogen) atoms. The zero-order valence-corrected chi connectivity index (χ0v) is 16.3. The molecule has 0 radical (unpaired) electrons. The number of benzene rings is 1. The van der Waals surface area contributed by atoms with Crippen molar-refractivity contribution in [3.63, 3.8) is 0 Å². The molecule has 1 aromatic heterocycles. The number of carbonyl (C=O) groups is 2. The quantitative estimate of drug-likeness (QED) is 0.859. The molecular formula is C20H24N2O6. The predicted molar refractivity (Wildman–Crippen MR) is 102 cm³/mol. The van der Waals surface area contributed by atoms with Crippen molar-refractivity contribution in [2.45, 2.75) is 44.9 Å². The van der Waals surface area contributed by atoms with Crippen LogP contribution in [0.4, 0.5) is 4.79 Å². The van der Waals surface area contributed by atoms with Gasteiger partial charge in [-0.15, -0.1) is 0 Å². The molecule has 3 rings (SSSR count). The maximum absolute atomic E-state index is 12.4. The van der Waals surface area contributed by atoms with Gasteiger partial charge in [0.1, 0.15) is 23.5 Å². The van der Waals surface area contributed by atoms with Crippen LogP contribution in [0.3, 0.4) is 0 Å². The second-order valence-electron chi connectivity index (χ2n) is 7.67. The van der Waals surface area contributed by atoms with Crippen LogP contribution in [0.5, 0.6) is 11.6 Å². The van der Waals surface area contributed by atoms with Crippen LogP contribution in [0.1, 0.15) is 27.2 Å². The standard InChI is InChI=1S/C20H24N2O6/c1-20(2,3)28-19(25)22-11-14(10-16(22)18(23)24)27-17-15-6-5-13(26-4)9-12(15)7-8-21-17/h5-9,14,16H,10-11H2,1-4H3,(H,23,24)/t14?,16-/m0/s1. The summed E-state index contributed by atoms with van der Waals surface area (Å²) in [5, 5.41) is 11.2. The summed E-state index contributed by atoms with van der Waals surface area (Å²) in [6.45, 7) is 5.32. The first kappa shape index (κ1) is 19.7. The maximum Gasteiger partial charge on any atom is 0.411 e. The zero-order valence-electron chi connectivity index (χ0n) is 16.3. The number of hydrogen-bond donors (Lipinski definition) is 1. The van der Waals surface area contributed by atoms with E-state index in [9.17, 15) is 14.7 Å². The van der Waals surface area contributed by atoms with E-state index in [1.54, 1.807) is 40.1 Å².